The fourth-order valence-corrected chi connectivity index (χ4v) is 9.83. The maximum atomic E-state index is 16.9. The summed E-state index contributed by atoms with van der Waals surface area (Å²) in [6.07, 6.45) is 5.36. The molecule has 6 unspecified atom stereocenters. The molecular weight excluding hydrogens is 870 g/mol. The molecular formula is C51H62FN9O7. The van der Waals surface area contributed by atoms with E-state index in [-0.39, 0.29) is 35.7 Å². The molecule has 0 radical (unpaired) electrons. The molecule has 6 atom stereocenters. The number of nitrogens with two attached hydrogens (primary N) is 1. The van der Waals surface area contributed by atoms with Gasteiger partial charge in [0.25, 0.3) is 0 Å². The maximum Gasteiger partial charge on any atom is 0.240 e. The van der Waals surface area contributed by atoms with Gasteiger partial charge in [0.2, 0.25) is 24.5 Å². The second-order valence-corrected chi connectivity index (χ2v) is 18.7. The molecule has 3 aliphatic rings. The molecule has 6 aromatic rings. The van der Waals surface area contributed by atoms with Crippen LogP contribution in [0.25, 0.3) is 44.7 Å². The van der Waals surface area contributed by atoms with Crippen molar-refractivity contribution < 1.29 is 38.0 Å². The Morgan fingerprint density at radius 2 is 1.57 bits per heavy atom. The summed E-state index contributed by atoms with van der Waals surface area (Å²) in [5.74, 6) is 1.56. The molecule has 9 rings (SSSR count). The van der Waals surface area contributed by atoms with Gasteiger partial charge in [0.1, 0.15) is 29.0 Å². The summed E-state index contributed by atoms with van der Waals surface area (Å²) in [5, 5.41) is 13.9. The molecule has 16 nitrogen and oxygen atoms in total. The Labute approximate surface area is 395 Å². The minimum absolute atomic E-state index is 0.00183. The number of carbonyl (C=O) groups is 2. The number of methoxy groups -OCH3 is 2. The number of nitrogens with zero attached hydrogens (tertiary/aromatic N) is 5. The van der Waals surface area contributed by atoms with E-state index in [1.165, 1.54) is 13.2 Å². The molecule has 68 heavy (non-hydrogen) atoms. The molecule has 0 saturated carbocycles. The normalized spacial score (nSPS) is 19.4. The van der Waals surface area contributed by atoms with E-state index >= 15 is 4.39 Å². The fourth-order valence-electron chi connectivity index (χ4n) is 9.83. The van der Waals surface area contributed by atoms with Gasteiger partial charge in [-0.05, 0) is 80.0 Å². The number of carbonyl (C=O) groups excluding carboxylic acids is 2. The van der Waals surface area contributed by atoms with Crippen molar-refractivity contribution in [2.24, 2.45) is 17.6 Å². The molecule has 2 fully saturated rings. The Bertz CT molecular complexity index is 2770. The first-order valence-corrected chi connectivity index (χ1v) is 23.7. The van der Waals surface area contributed by atoms with Gasteiger partial charge in [-0.25, -0.2) is 14.4 Å². The van der Waals surface area contributed by atoms with E-state index in [9.17, 15) is 14.7 Å². The van der Waals surface area contributed by atoms with Gasteiger partial charge in [-0.3, -0.25) is 14.9 Å². The van der Waals surface area contributed by atoms with Gasteiger partial charge in [-0.2, -0.15) is 0 Å². The molecule has 2 saturated heterocycles. The van der Waals surface area contributed by atoms with E-state index in [1.807, 2.05) is 90.6 Å². The number of aliphatic hydroxyl groups is 1. The number of aromatic amines is 2. The lowest BCUT2D eigenvalue weighted by Gasteiger charge is -2.31. The van der Waals surface area contributed by atoms with E-state index < -0.39 is 30.5 Å². The van der Waals surface area contributed by atoms with E-state index in [0.717, 1.165) is 59.8 Å². The van der Waals surface area contributed by atoms with Crippen molar-refractivity contribution in [1.82, 2.24) is 39.6 Å². The number of rotatable bonds is 17. The van der Waals surface area contributed by atoms with Crippen LogP contribution in [0.15, 0.2) is 73.1 Å². The highest BCUT2D eigenvalue weighted by Gasteiger charge is 2.39. The zero-order valence-electron chi connectivity index (χ0n) is 39.5. The van der Waals surface area contributed by atoms with Gasteiger partial charge >= 0.3 is 0 Å². The standard InChI is InChI=1S/C51H62FN9O7/c1-28(2)44(53)48(62)59-17-8-13-39(59)46-55-27-37(57-46)32-23-35(52)43-41-24-33-21-30(36-26-54-47(56-36)40-14-9-18-60(40)49(63)45(29(3)4)58-51(64)66-6)15-16-38(33)61(41)50(68-42(43)25-32)31-11-7-12-34(22-31)67-20-10-19-65-5/h7,11-12,15-16,21-29,39-40,44-45,50-51,58,64H,8-10,13-14,17-20,53H2,1-6H3,(H,54,56)(H,55,57). The topological polar surface area (TPSA) is 198 Å². The summed E-state index contributed by atoms with van der Waals surface area (Å²) in [5.41, 5.74) is 11.7. The number of fused-ring (bicyclic) bond motifs is 5. The lowest BCUT2D eigenvalue weighted by molar-refractivity contribution is -0.145. The second-order valence-electron chi connectivity index (χ2n) is 18.7. The summed E-state index contributed by atoms with van der Waals surface area (Å²) in [6, 6.07) is 17.4. The third-order valence-corrected chi connectivity index (χ3v) is 13.5. The van der Waals surface area contributed by atoms with Crippen LogP contribution >= 0.6 is 0 Å². The molecule has 2 amide bonds. The zero-order valence-corrected chi connectivity index (χ0v) is 39.5. The Morgan fingerprint density at radius 1 is 0.882 bits per heavy atom. The van der Waals surface area contributed by atoms with Crippen LogP contribution in [-0.4, -0.2) is 110 Å². The van der Waals surface area contributed by atoms with Crippen molar-refractivity contribution >= 4 is 22.7 Å². The van der Waals surface area contributed by atoms with Crippen molar-refractivity contribution in [1.29, 1.82) is 0 Å². The van der Waals surface area contributed by atoms with E-state index in [1.54, 1.807) is 19.5 Å². The van der Waals surface area contributed by atoms with Crippen molar-refractivity contribution in [3.63, 3.8) is 0 Å². The van der Waals surface area contributed by atoms with Gasteiger partial charge in [0.05, 0.1) is 71.3 Å². The molecule has 360 valence electrons. The van der Waals surface area contributed by atoms with Gasteiger partial charge in [-0.1, -0.05) is 45.9 Å². The third kappa shape index (κ3) is 9.12. The molecule has 0 aliphatic carbocycles. The van der Waals surface area contributed by atoms with Crippen molar-refractivity contribution in [3.8, 4) is 45.3 Å². The maximum absolute atomic E-state index is 16.9. The van der Waals surface area contributed by atoms with Crippen molar-refractivity contribution in [2.45, 2.75) is 96.6 Å². The van der Waals surface area contributed by atoms with Gasteiger partial charge < -0.3 is 54.1 Å². The number of nitrogens with one attached hydrogen (secondary N) is 3. The molecule has 6 heterocycles. The van der Waals surface area contributed by atoms with Crippen LogP contribution in [0.3, 0.4) is 0 Å². The molecule has 6 N–H and O–H groups in total. The summed E-state index contributed by atoms with van der Waals surface area (Å²) in [6.45, 7) is 9.96. The quantitative estimate of drug-likeness (QED) is 0.0451. The van der Waals surface area contributed by atoms with Crippen LogP contribution in [0.4, 0.5) is 4.39 Å². The van der Waals surface area contributed by atoms with E-state index in [2.05, 4.69) is 21.4 Å². The van der Waals surface area contributed by atoms with Crippen LogP contribution in [0, 0.1) is 17.7 Å². The second kappa shape index (κ2) is 19.9. The first-order chi connectivity index (χ1) is 32.8. The largest absolute Gasteiger partial charge is 0.493 e. The molecule has 3 aliphatic heterocycles. The number of imidazole rings is 2. The summed E-state index contributed by atoms with van der Waals surface area (Å²) in [7, 11) is 3.04. The predicted molar refractivity (Wildman–Crippen MR) is 255 cm³/mol. The number of H-pyrrole nitrogens is 2. The Hall–Kier alpha value is -6.11. The Morgan fingerprint density at radius 3 is 2.24 bits per heavy atom. The van der Waals surface area contributed by atoms with Crippen molar-refractivity contribution in [3.05, 3.63) is 96.1 Å². The molecule has 0 bridgehead atoms. The smallest absolute Gasteiger partial charge is 0.240 e. The number of halogens is 1. The molecule has 3 aromatic carbocycles. The van der Waals surface area contributed by atoms with Crippen LogP contribution < -0.4 is 20.5 Å². The first kappa shape index (κ1) is 47.0. The Balaban J connectivity index is 1.06. The van der Waals surface area contributed by atoms with E-state index in [4.69, 9.17) is 34.6 Å². The lowest BCUT2D eigenvalue weighted by atomic mass is 10.0. The summed E-state index contributed by atoms with van der Waals surface area (Å²) >= 11 is 0. The summed E-state index contributed by atoms with van der Waals surface area (Å²) in [4.78, 5) is 47.2. The predicted octanol–water partition coefficient (Wildman–Crippen LogP) is 7.43. The monoisotopic (exact) mass is 931 g/mol. The molecule has 0 spiro atoms. The van der Waals surface area contributed by atoms with Crippen LogP contribution in [0.2, 0.25) is 0 Å². The molecule has 17 heteroatoms. The number of aromatic nitrogens is 5. The third-order valence-electron chi connectivity index (χ3n) is 13.5. The average molecular weight is 932 g/mol. The number of amides is 2. The van der Waals surface area contributed by atoms with E-state index in [0.29, 0.717) is 72.0 Å². The van der Waals surface area contributed by atoms with Gasteiger partial charge in [0, 0.05) is 62.4 Å². The van der Waals surface area contributed by atoms with Crippen LogP contribution in [-0.2, 0) is 19.1 Å². The molecule has 3 aromatic heterocycles. The number of hydrogen-bond donors (Lipinski definition) is 5. The SMILES string of the molecule is COCCCOc1cccc(C2Oc3cc(-c4cnc(C5CCCN5C(=O)C(N)C(C)C)[nH]4)cc(F)c3-c3cc4cc(-c5cnc(C6CCCN6C(=O)C(NC(O)OC)C(C)C)[nH]5)ccc4n32)c1. The number of likely N-dealkylation sites (tertiary alicyclic amines) is 2. The van der Waals surface area contributed by atoms with Crippen LogP contribution in [0.1, 0.15) is 95.3 Å². The lowest BCUT2D eigenvalue weighted by Crippen LogP contribution is -2.52. The van der Waals surface area contributed by atoms with Gasteiger partial charge in [-0.15, -0.1) is 0 Å². The number of ether oxygens (including phenoxy) is 4. The minimum atomic E-state index is -1.27. The zero-order chi connectivity index (χ0) is 47.8. The first-order valence-electron chi connectivity index (χ1n) is 23.7. The number of hydrogen-bond acceptors (Lipinski definition) is 11. The highest BCUT2D eigenvalue weighted by molar-refractivity contribution is 5.93. The Kier molecular flexibility index (Phi) is 13.7. The number of aliphatic hydroxyl groups excluding tert-OH is 1. The van der Waals surface area contributed by atoms with Gasteiger partial charge in [0.15, 0.2) is 0 Å². The van der Waals surface area contributed by atoms with Crippen molar-refractivity contribution in [2.75, 3.05) is 40.5 Å². The number of benzene rings is 3. The fraction of sp³-hybridized carbons (Fsp3) is 0.451. The highest BCUT2D eigenvalue weighted by Crippen LogP contribution is 2.48. The highest BCUT2D eigenvalue weighted by atomic mass is 19.1. The minimum Gasteiger partial charge on any atom is -0.493 e. The summed E-state index contributed by atoms with van der Waals surface area (Å²) < 4.78 is 42.2. The van der Waals surface area contributed by atoms with Crippen LogP contribution in [0.5, 0.6) is 11.5 Å². The average Bonchev–Trinajstić information content (AvgIpc) is 4.20.